The number of nitrogens with zero attached hydrogens (tertiary/aromatic N) is 3. The van der Waals surface area contributed by atoms with Crippen molar-refractivity contribution in [2.24, 2.45) is 0 Å². The van der Waals surface area contributed by atoms with Crippen molar-refractivity contribution in [1.82, 2.24) is 15.0 Å². The van der Waals surface area contributed by atoms with Crippen LogP contribution >= 0.6 is 10.0 Å². The van der Waals surface area contributed by atoms with E-state index in [2.05, 4.69) is 79.1 Å². The van der Waals surface area contributed by atoms with Crippen molar-refractivity contribution in [2.75, 3.05) is 6.26 Å². The second kappa shape index (κ2) is 9.09. The molecule has 1 aliphatic rings. The van der Waals surface area contributed by atoms with Crippen LogP contribution in [0.4, 0.5) is 0 Å². The molecule has 38 heavy (non-hydrogen) atoms. The monoisotopic (exact) mass is 507 g/mol. The number of benzene rings is 5. The largest absolute Gasteiger partial charge is 0.208 e. The van der Waals surface area contributed by atoms with Crippen LogP contribution < -0.4 is 0 Å². The van der Waals surface area contributed by atoms with Crippen LogP contribution in [0, 0.1) is 0 Å². The van der Waals surface area contributed by atoms with E-state index in [1.165, 1.54) is 25.8 Å². The summed E-state index contributed by atoms with van der Waals surface area (Å²) in [7, 11) is -1.43. The summed E-state index contributed by atoms with van der Waals surface area (Å²) >= 11 is 0. The first kappa shape index (κ1) is 22.6. The molecule has 0 N–H and O–H groups in total. The molecule has 7 rings (SSSR count). The number of hydrogen-bond donors (Lipinski definition) is 0. The fourth-order valence-electron chi connectivity index (χ4n) is 5.27. The minimum atomic E-state index is -1.43. The van der Waals surface area contributed by atoms with Crippen LogP contribution in [-0.4, -0.2) is 21.2 Å². The molecule has 4 heteroatoms. The SMILES string of the molecule is CS1(c2ccccc2)c2ccccc2-c2ccc(-c3nc(-c4ccccc4)nc(-c4ccccc4)n3)cc21. The maximum atomic E-state index is 4.98. The molecule has 0 amide bonds. The Morgan fingerprint density at radius 2 is 0.895 bits per heavy atom. The summed E-state index contributed by atoms with van der Waals surface area (Å²) in [5, 5.41) is 0. The van der Waals surface area contributed by atoms with Crippen LogP contribution in [0.2, 0.25) is 0 Å². The molecule has 1 aromatic heterocycles. The molecule has 0 saturated carbocycles. The van der Waals surface area contributed by atoms with Crippen molar-refractivity contribution in [3.63, 3.8) is 0 Å². The summed E-state index contributed by atoms with van der Waals surface area (Å²) in [6.45, 7) is 0. The number of fused-ring (bicyclic) bond motifs is 3. The van der Waals surface area contributed by atoms with Crippen molar-refractivity contribution in [3.8, 4) is 45.3 Å². The lowest BCUT2D eigenvalue weighted by molar-refractivity contribution is 1.07. The Morgan fingerprint density at radius 1 is 0.421 bits per heavy atom. The molecule has 6 aromatic rings. The maximum Gasteiger partial charge on any atom is 0.164 e. The van der Waals surface area contributed by atoms with Crippen molar-refractivity contribution in [1.29, 1.82) is 0 Å². The van der Waals surface area contributed by atoms with Gasteiger partial charge in [-0.1, -0.05) is 109 Å². The van der Waals surface area contributed by atoms with E-state index in [0.717, 1.165) is 16.7 Å². The highest BCUT2D eigenvalue weighted by Gasteiger charge is 2.36. The van der Waals surface area contributed by atoms with E-state index in [4.69, 9.17) is 15.0 Å². The summed E-state index contributed by atoms with van der Waals surface area (Å²) in [6, 6.07) is 46.7. The summed E-state index contributed by atoms with van der Waals surface area (Å²) in [5.41, 5.74) is 5.57. The van der Waals surface area contributed by atoms with E-state index < -0.39 is 10.0 Å². The molecule has 1 atom stereocenters. The van der Waals surface area contributed by atoms with E-state index >= 15 is 0 Å². The molecule has 182 valence electrons. The van der Waals surface area contributed by atoms with Gasteiger partial charge in [0.25, 0.3) is 0 Å². The van der Waals surface area contributed by atoms with Gasteiger partial charge in [-0.05, 0) is 46.5 Å². The smallest absolute Gasteiger partial charge is 0.164 e. The normalized spacial score (nSPS) is 17.3. The van der Waals surface area contributed by atoms with Crippen LogP contribution in [0.3, 0.4) is 0 Å². The summed E-state index contributed by atoms with van der Waals surface area (Å²) in [5.74, 6) is 2.04. The molecule has 0 saturated heterocycles. The van der Waals surface area contributed by atoms with Gasteiger partial charge in [-0.3, -0.25) is 0 Å². The lowest BCUT2D eigenvalue weighted by Crippen LogP contribution is -2.01. The van der Waals surface area contributed by atoms with Crippen LogP contribution in [0.1, 0.15) is 0 Å². The Kier molecular flexibility index (Phi) is 5.41. The highest BCUT2D eigenvalue weighted by molar-refractivity contribution is 8.33. The Hall–Kier alpha value is -4.54. The zero-order valence-corrected chi connectivity index (χ0v) is 21.8. The molecule has 0 radical (unpaired) electrons. The highest BCUT2D eigenvalue weighted by Crippen LogP contribution is 2.73. The van der Waals surface area contributed by atoms with Gasteiger partial charge in [0.1, 0.15) is 0 Å². The van der Waals surface area contributed by atoms with Gasteiger partial charge >= 0.3 is 0 Å². The van der Waals surface area contributed by atoms with E-state index in [9.17, 15) is 0 Å². The third-order valence-electron chi connectivity index (χ3n) is 7.21. The minimum Gasteiger partial charge on any atom is -0.208 e. The molecule has 1 aliphatic heterocycles. The number of aromatic nitrogens is 3. The van der Waals surface area contributed by atoms with Gasteiger partial charge in [0.05, 0.1) is 0 Å². The average molecular weight is 508 g/mol. The van der Waals surface area contributed by atoms with Gasteiger partial charge in [-0.25, -0.2) is 15.0 Å². The van der Waals surface area contributed by atoms with E-state index in [0.29, 0.717) is 17.5 Å². The number of rotatable bonds is 4. The quantitative estimate of drug-likeness (QED) is 0.239. The maximum absolute atomic E-state index is 4.98. The first-order chi connectivity index (χ1) is 18.7. The molecular weight excluding hydrogens is 482 g/mol. The molecule has 0 fully saturated rings. The predicted octanol–water partition coefficient (Wildman–Crippen LogP) is 8.76. The lowest BCUT2D eigenvalue weighted by atomic mass is 10.0. The lowest BCUT2D eigenvalue weighted by Gasteiger charge is -2.34. The fourth-order valence-corrected chi connectivity index (χ4v) is 8.66. The molecule has 0 aliphatic carbocycles. The van der Waals surface area contributed by atoms with Gasteiger partial charge < -0.3 is 0 Å². The second-order valence-electron chi connectivity index (χ2n) is 9.48. The van der Waals surface area contributed by atoms with Crippen molar-refractivity contribution in [3.05, 3.63) is 133 Å². The van der Waals surface area contributed by atoms with E-state index in [-0.39, 0.29) is 0 Å². The average Bonchev–Trinajstić information content (AvgIpc) is 3.27. The zero-order chi connectivity index (χ0) is 25.5. The van der Waals surface area contributed by atoms with Crippen molar-refractivity contribution in [2.45, 2.75) is 14.7 Å². The Labute approximate surface area is 224 Å². The third kappa shape index (κ3) is 3.65. The van der Waals surface area contributed by atoms with Crippen molar-refractivity contribution < 1.29 is 0 Å². The van der Waals surface area contributed by atoms with Gasteiger partial charge in [-0.2, -0.15) is 10.0 Å². The van der Waals surface area contributed by atoms with Crippen LogP contribution in [0.15, 0.2) is 148 Å². The van der Waals surface area contributed by atoms with Gasteiger partial charge in [0, 0.05) is 26.5 Å². The summed E-state index contributed by atoms with van der Waals surface area (Å²) in [6.07, 6.45) is 2.41. The summed E-state index contributed by atoms with van der Waals surface area (Å²) < 4.78 is 0. The standard InChI is InChI=1S/C34H25N3S/c1-38(27-17-9-4-10-18-27)30-20-12-11-19-28(30)29-22-21-26(23-31(29)38)34-36-32(24-13-5-2-6-14-24)35-33(37-34)25-15-7-3-8-16-25/h2-23H,1H3. The Bertz CT molecular complexity index is 1710. The highest BCUT2D eigenvalue weighted by atomic mass is 32.3. The van der Waals surface area contributed by atoms with Crippen molar-refractivity contribution >= 4 is 10.0 Å². The minimum absolute atomic E-state index is 0.677. The molecular formula is C34H25N3S. The Morgan fingerprint density at radius 3 is 1.50 bits per heavy atom. The van der Waals surface area contributed by atoms with E-state index in [1.807, 2.05) is 60.7 Å². The first-order valence-electron chi connectivity index (χ1n) is 12.7. The van der Waals surface area contributed by atoms with Gasteiger partial charge in [0.15, 0.2) is 17.5 Å². The zero-order valence-electron chi connectivity index (χ0n) is 21.0. The van der Waals surface area contributed by atoms with Crippen LogP contribution in [0.5, 0.6) is 0 Å². The third-order valence-corrected chi connectivity index (χ3v) is 10.9. The molecule has 3 nitrogen and oxygen atoms in total. The molecule has 1 unspecified atom stereocenters. The molecule has 2 heterocycles. The van der Waals surface area contributed by atoms with Gasteiger partial charge in [0.2, 0.25) is 0 Å². The number of hydrogen-bond acceptors (Lipinski definition) is 3. The Balaban J connectivity index is 1.45. The fraction of sp³-hybridized carbons (Fsp3) is 0.0294. The molecule has 0 spiro atoms. The summed E-state index contributed by atoms with van der Waals surface area (Å²) in [4.78, 5) is 18.9. The van der Waals surface area contributed by atoms with Gasteiger partial charge in [-0.15, -0.1) is 0 Å². The van der Waals surface area contributed by atoms with Crippen LogP contribution in [-0.2, 0) is 0 Å². The topological polar surface area (TPSA) is 38.7 Å². The first-order valence-corrected chi connectivity index (χ1v) is 14.7. The van der Waals surface area contributed by atoms with Crippen LogP contribution in [0.25, 0.3) is 45.3 Å². The molecule has 5 aromatic carbocycles. The molecule has 0 bridgehead atoms. The van der Waals surface area contributed by atoms with E-state index in [1.54, 1.807) is 0 Å². The second-order valence-corrected chi connectivity index (χ2v) is 12.7. The predicted molar refractivity (Wildman–Crippen MR) is 156 cm³/mol.